The van der Waals surface area contributed by atoms with Gasteiger partial charge in [0.2, 0.25) is 5.91 Å². The number of halogens is 1. The number of carbonyl (C=O) groups excluding carboxylic acids is 2. The topological polar surface area (TPSA) is 71.1 Å². The van der Waals surface area contributed by atoms with Gasteiger partial charge in [0, 0.05) is 29.1 Å². The second kappa shape index (κ2) is 9.73. The molecule has 0 saturated carbocycles. The first-order valence-electron chi connectivity index (χ1n) is 9.89. The molecule has 0 unspecified atom stereocenters. The van der Waals surface area contributed by atoms with Crippen LogP contribution in [0.15, 0.2) is 72.8 Å². The number of carbonyl (C=O) groups is 2. The molecule has 2 N–H and O–H groups in total. The van der Waals surface area contributed by atoms with Crippen molar-refractivity contribution in [3.8, 4) is 10.6 Å². The fraction of sp³-hybridized carbons (Fsp3) is 0.125. The van der Waals surface area contributed by atoms with E-state index in [1.165, 1.54) is 0 Å². The predicted molar refractivity (Wildman–Crippen MR) is 127 cm³/mol. The Labute approximate surface area is 189 Å². The predicted octanol–water partition coefficient (Wildman–Crippen LogP) is 5.77. The van der Waals surface area contributed by atoms with E-state index in [1.807, 2.05) is 48.5 Å². The summed E-state index contributed by atoms with van der Waals surface area (Å²) < 4.78 is 1.11. The number of aromatic nitrogens is 1. The van der Waals surface area contributed by atoms with E-state index in [-0.39, 0.29) is 11.8 Å². The van der Waals surface area contributed by atoms with Crippen LogP contribution in [0, 0.1) is 0 Å². The largest absolute Gasteiger partial charge is 0.352 e. The number of para-hydroxylation sites is 2. The van der Waals surface area contributed by atoms with Gasteiger partial charge in [0.25, 0.3) is 5.91 Å². The van der Waals surface area contributed by atoms with Crippen LogP contribution in [0.25, 0.3) is 20.8 Å². The average Bonchev–Trinajstić information content (AvgIpc) is 3.21. The van der Waals surface area contributed by atoms with Crippen molar-refractivity contribution in [2.45, 2.75) is 12.8 Å². The van der Waals surface area contributed by atoms with Crippen LogP contribution < -0.4 is 10.6 Å². The number of hydrogen-bond acceptors (Lipinski definition) is 4. The molecular weight excluding hydrogens is 430 g/mol. The molecule has 0 atom stereocenters. The highest BCUT2D eigenvalue weighted by molar-refractivity contribution is 7.21. The highest BCUT2D eigenvalue weighted by atomic mass is 35.5. The minimum atomic E-state index is -0.182. The van der Waals surface area contributed by atoms with E-state index >= 15 is 0 Å². The van der Waals surface area contributed by atoms with Gasteiger partial charge >= 0.3 is 0 Å². The van der Waals surface area contributed by atoms with Gasteiger partial charge in [0.15, 0.2) is 0 Å². The molecular formula is C24H20ClN3O2S. The summed E-state index contributed by atoms with van der Waals surface area (Å²) >= 11 is 7.43. The van der Waals surface area contributed by atoms with E-state index in [4.69, 9.17) is 16.6 Å². The maximum atomic E-state index is 12.5. The average molecular weight is 450 g/mol. The van der Waals surface area contributed by atoms with Gasteiger partial charge in [0.05, 0.1) is 15.9 Å². The van der Waals surface area contributed by atoms with Crippen LogP contribution in [0.5, 0.6) is 0 Å². The third-order valence-electron chi connectivity index (χ3n) is 4.70. The standard InChI is InChI=1S/C24H20ClN3O2S/c25-17-13-11-16(12-14-17)23(30)26-15-5-10-22(29)27-19-7-2-1-6-18(19)24-28-20-8-3-4-9-21(20)31-24/h1-4,6-9,11-14H,5,10,15H2,(H,26,30)(H,27,29). The maximum Gasteiger partial charge on any atom is 0.251 e. The Morgan fingerprint density at radius 3 is 2.48 bits per heavy atom. The van der Waals surface area contributed by atoms with Crippen molar-refractivity contribution in [2.75, 3.05) is 11.9 Å². The van der Waals surface area contributed by atoms with E-state index in [9.17, 15) is 9.59 Å². The molecule has 0 aliphatic rings. The summed E-state index contributed by atoms with van der Waals surface area (Å²) in [4.78, 5) is 29.3. The first kappa shape index (κ1) is 21.0. The second-order valence-electron chi connectivity index (χ2n) is 6.95. The van der Waals surface area contributed by atoms with Crippen molar-refractivity contribution in [3.05, 3.63) is 83.4 Å². The van der Waals surface area contributed by atoms with Crippen molar-refractivity contribution < 1.29 is 9.59 Å². The number of fused-ring (bicyclic) bond motifs is 1. The molecule has 0 fully saturated rings. The summed E-state index contributed by atoms with van der Waals surface area (Å²) in [7, 11) is 0. The van der Waals surface area contributed by atoms with Gasteiger partial charge in [-0.3, -0.25) is 9.59 Å². The molecule has 0 radical (unpaired) electrons. The molecule has 5 nitrogen and oxygen atoms in total. The van der Waals surface area contributed by atoms with E-state index in [0.717, 1.165) is 26.5 Å². The zero-order valence-corrected chi connectivity index (χ0v) is 18.2. The van der Waals surface area contributed by atoms with Gasteiger partial charge in [-0.15, -0.1) is 11.3 Å². The molecule has 0 aliphatic carbocycles. The normalized spacial score (nSPS) is 10.7. The molecule has 3 aromatic carbocycles. The van der Waals surface area contributed by atoms with E-state index < -0.39 is 0 Å². The number of anilines is 1. The monoisotopic (exact) mass is 449 g/mol. The lowest BCUT2D eigenvalue weighted by Gasteiger charge is -2.10. The number of benzene rings is 3. The van der Waals surface area contributed by atoms with E-state index in [1.54, 1.807) is 35.6 Å². The fourth-order valence-corrected chi connectivity index (χ4v) is 4.26. The SMILES string of the molecule is O=C(CCCNC(=O)c1ccc(Cl)cc1)Nc1ccccc1-c1nc2ccccc2s1. The Hall–Kier alpha value is -3.22. The van der Waals surface area contributed by atoms with Crippen molar-refractivity contribution in [2.24, 2.45) is 0 Å². The van der Waals surface area contributed by atoms with Gasteiger partial charge < -0.3 is 10.6 Å². The molecule has 4 rings (SSSR count). The van der Waals surface area contributed by atoms with E-state index in [0.29, 0.717) is 30.0 Å². The maximum absolute atomic E-state index is 12.5. The summed E-state index contributed by atoms with van der Waals surface area (Å²) in [5.74, 6) is -0.285. The molecule has 0 aliphatic heterocycles. The molecule has 2 amide bonds. The molecule has 1 heterocycles. The Kier molecular flexibility index (Phi) is 6.60. The summed E-state index contributed by atoms with van der Waals surface area (Å²) in [5.41, 5.74) is 3.11. The van der Waals surface area contributed by atoms with Gasteiger partial charge in [-0.25, -0.2) is 4.98 Å². The molecule has 156 valence electrons. The van der Waals surface area contributed by atoms with Crippen LogP contribution in [0.2, 0.25) is 5.02 Å². The second-order valence-corrected chi connectivity index (χ2v) is 8.41. The van der Waals surface area contributed by atoms with Crippen molar-refractivity contribution in [3.63, 3.8) is 0 Å². The van der Waals surface area contributed by atoms with Gasteiger partial charge in [-0.2, -0.15) is 0 Å². The zero-order valence-electron chi connectivity index (χ0n) is 16.6. The molecule has 0 bridgehead atoms. The number of nitrogens with zero attached hydrogens (tertiary/aromatic N) is 1. The number of hydrogen-bond donors (Lipinski definition) is 2. The van der Waals surface area contributed by atoms with Crippen LogP contribution in [0.3, 0.4) is 0 Å². The van der Waals surface area contributed by atoms with Crippen molar-refractivity contribution in [1.82, 2.24) is 10.3 Å². The first-order valence-corrected chi connectivity index (χ1v) is 11.1. The Bertz CT molecular complexity index is 1190. The van der Waals surface area contributed by atoms with E-state index in [2.05, 4.69) is 10.6 Å². The minimum absolute atomic E-state index is 0.102. The third kappa shape index (κ3) is 5.29. The molecule has 0 saturated heterocycles. The number of rotatable bonds is 7. The fourth-order valence-electron chi connectivity index (χ4n) is 3.13. The van der Waals surface area contributed by atoms with Crippen LogP contribution in [0.1, 0.15) is 23.2 Å². The smallest absolute Gasteiger partial charge is 0.251 e. The lowest BCUT2D eigenvalue weighted by Crippen LogP contribution is -2.25. The molecule has 1 aromatic heterocycles. The van der Waals surface area contributed by atoms with Crippen LogP contribution >= 0.6 is 22.9 Å². The highest BCUT2D eigenvalue weighted by Gasteiger charge is 2.12. The van der Waals surface area contributed by atoms with Gasteiger partial charge in [-0.05, 0) is 55.0 Å². The summed E-state index contributed by atoms with van der Waals surface area (Å²) in [6, 6.07) is 22.3. The Balaban J connectivity index is 1.33. The first-order chi connectivity index (χ1) is 15.1. The molecule has 4 aromatic rings. The van der Waals surface area contributed by atoms with Crippen LogP contribution in [-0.4, -0.2) is 23.3 Å². The van der Waals surface area contributed by atoms with Crippen LogP contribution in [-0.2, 0) is 4.79 Å². The molecule has 31 heavy (non-hydrogen) atoms. The van der Waals surface area contributed by atoms with Crippen molar-refractivity contribution >= 4 is 50.7 Å². The number of thiazole rings is 1. The Morgan fingerprint density at radius 2 is 1.68 bits per heavy atom. The van der Waals surface area contributed by atoms with Crippen molar-refractivity contribution in [1.29, 1.82) is 0 Å². The molecule has 7 heteroatoms. The van der Waals surface area contributed by atoms with Gasteiger partial charge in [-0.1, -0.05) is 35.9 Å². The minimum Gasteiger partial charge on any atom is -0.352 e. The van der Waals surface area contributed by atoms with Gasteiger partial charge in [0.1, 0.15) is 5.01 Å². The number of nitrogens with one attached hydrogen (secondary N) is 2. The molecule has 0 spiro atoms. The number of amides is 2. The summed E-state index contributed by atoms with van der Waals surface area (Å²) in [6.07, 6.45) is 0.837. The zero-order chi connectivity index (χ0) is 21.6. The summed E-state index contributed by atoms with van der Waals surface area (Å²) in [5, 5.41) is 7.25. The third-order valence-corrected chi connectivity index (χ3v) is 6.02. The Morgan fingerprint density at radius 1 is 0.935 bits per heavy atom. The van der Waals surface area contributed by atoms with Crippen LogP contribution in [0.4, 0.5) is 5.69 Å². The quantitative estimate of drug-likeness (QED) is 0.352. The summed E-state index contributed by atoms with van der Waals surface area (Å²) in [6.45, 7) is 0.411. The highest BCUT2D eigenvalue weighted by Crippen LogP contribution is 2.34. The lowest BCUT2D eigenvalue weighted by molar-refractivity contribution is -0.116. The lowest BCUT2D eigenvalue weighted by atomic mass is 10.1.